The Morgan fingerprint density at radius 3 is 2.83 bits per heavy atom. The smallest absolute Gasteiger partial charge is 0.165 e. The first-order chi connectivity index (χ1) is 8.70. The highest BCUT2D eigenvalue weighted by atomic mass is 19.1. The monoisotopic (exact) mass is 251 g/mol. The third-order valence-corrected chi connectivity index (χ3v) is 3.76. The summed E-state index contributed by atoms with van der Waals surface area (Å²) in [6, 6.07) is 6.58. The Morgan fingerprint density at radius 2 is 2.11 bits per heavy atom. The minimum absolute atomic E-state index is 0.0257. The molecule has 1 aromatic carbocycles. The summed E-state index contributed by atoms with van der Waals surface area (Å²) in [4.78, 5) is 0. The van der Waals surface area contributed by atoms with E-state index >= 15 is 0 Å². The maximum atomic E-state index is 13.6. The highest BCUT2D eigenvalue weighted by Crippen LogP contribution is 2.30. The van der Waals surface area contributed by atoms with Gasteiger partial charge >= 0.3 is 0 Å². The molecule has 1 fully saturated rings. The number of ether oxygens (including phenoxy) is 1. The molecule has 18 heavy (non-hydrogen) atoms. The largest absolute Gasteiger partial charge is 0.486 e. The van der Waals surface area contributed by atoms with E-state index in [2.05, 4.69) is 6.92 Å². The van der Waals surface area contributed by atoms with Crippen molar-refractivity contribution in [3.63, 3.8) is 0 Å². The van der Waals surface area contributed by atoms with Gasteiger partial charge in [0.2, 0.25) is 0 Å². The average Bonchev–Trinajstić information content (AvgIpc) is 2.36. The van der Waals surface area contributed by atoms with E-state index < -0.39 is 0 Å². The number of halogens is 1. The molecule has 3 heteroatoms. The van der Waals surface area contributed by atoms with Gasteiger partial charge in [-0.15, -0.1) is 0 Å². The molecule has 0 amide bonds. The number of para-hydroxylation sites is 1. The van der Waals surface area contributed by atoms with Crippen LogP contribution in [0.15, 0.2) is 24.3 Å². The van der Waals surface area contributed by atoms with Crippen LogP contribution in [0.25, 0.3) is 0 Å². The van der Waals surface area contributed by atoms with Crippen molar-refractivity contribution in [2.24, 2.45) is 11.7 Å². The van der Waals surface area contributed by atoms with Gasteiger partial charge in [0, 0.05) is 6.04 Å². The predicted molar refractivity (Wildman–Crippen MR) is 71.0 cm³/mol. The fourth-order valence-electron chi connectivity index (χ4n) is 2.74. The second kappa shape index (κ2) is 6.19. The maximum Gasteiger partial charge on any atom is 0.165 e. The predicted octanol–water partition coefficient (Wildman–Crippen LogP) is 3.50. The molecule has 2 nitrogen and oxygen atoms in total. The van der Waals surface area contributed by atoms with Crippen molar-refractivity contribution in [1.29, 1.82) is 0 Å². The van der Waals surface area contributed by atoms with Gasteiger partial charge < -0.3 is 10.5 Å². The molecular formula is C15H22FNO. The van der Waals surface area contributed by atoms with Gasteiger partial charge in [-0.2, -0.15) is 0 Å². The molecule has 1 saturated carbocycles. The summed E-state index contributed by atoms with van der Waals surface area (Å²) in [5.74, 6) is 0.698. The van der Waals surface area contributed by atoms with Crippen molar-refractivity contribution in [2.75, 3.05) is 0 Å². The van der Waals surface area contributed by atoms with Gasteiger partial charge in [-0.25, -0.2) is 4.39 Å². The molecule has 1 aliphatic carbocycles. The lowest BCUT2D eigenvalue weighted by Gasteiger charge is -2.34. The van der Waals surface area contributed by atoms with Crippen LogP contribution >= 0.6 is 0 Å². The van der Waals surface area contributed by atoms with Crippen LogP contribution in [0.2, 0.25) is 0 Å². The molecule has 0 aromatic heterocycles. The zero-order chi connectivity index (χ0) is 13.0. The molecule has 3 unspecified atom stereocenters. The van der Waals surface area contributed by atoms with Crippen LogP contribution in [0.4, 0.5) is 4.39 Å². The Kier molecular flexibility index (Phi) is 4.59. The van der Waals surface area contributed by atoms with Gasteiger partial charge in [0.15, 0.2) is 11.6 Å². The van der Waals surface area contributed by atoms with Crippen molar-refractivity contribution in [3.05, 3.63) is 30.1 Å². The molecule has 100 valence electrons. The van der Waals surface area contributed by atoms with E-state index in [1.165, 1.54) is 25.3 Å². The molecule has 1 aromatic rings. The zero-order valence-electron chi connectivity index (χ0n) is 10.9. The van der Waals surface area contributed by atoms with Gasteiger partial charge in [-0.05, 0) is 37.3 Å². The van der Waals surface area contributed by atoms with Gasteiger partial charge in [-0.1, -0.05) is 31.9 Å². The van der Waals surface area contributed by atoms with Crippen LogP contribution < -0.4 is 10.5 Å². The highest BCUT2D eigenvalue weighted by Gasteiger charge is 2.29. The van der Waals surface area contributed by atoms with Crippen molar-refractivity contribution in [2.45, 2.75) is 51.2 Å². The summed E-state index contributed by atoms with van der Waals surface area (Å²) >= 11 is 0. The topological polar surface area (TPSA) is 35.2 Å². The minimum Gasteiger partial charge on any atom is -0.486 e. The Morgan fingerprint density at radius 1 is 1.33 bits per heavy atom. The summed E-state index contributed by atoms with van der Waals surface area (Å²) in [5, 5.41) is 0. The zero-order valence-corrected chi connectivity index (χ0v) is 10.9. The quantitative estimate of drug-likeness (QED) is 0.889. The Bertz CT molecular complexity index is 383. The van der Waals surface area contributed by atoms with Crippen LogP contribution in [0.3, 0.4) is 0 Å². The summed E-state index contributed by atoms with van der Waals surface area (Å²) < 4.78 is 19.3. The first-order valence-electron chi connectivity index (χ1n) is 6.87. The molecule has 2 N–H and O–H groups in total. The SMILES string of the molecule is CCCC1CCC(N)C(Oc2ccccc2F)C1. The van der Waals surface area contributed by atoms with E-state index in [0.29, 0.717) is 11.7 Å². The summed E-state index contributed by atoms with van der Waals surface area (Å²) in [7, 11) is 0. The van der Waals surface area contributed by atoms with E-state index in [9.17, 15) is 4.39 Å². The van der Waals surface area contributed by atoms with E-state index in [-0.39, 0.29) is 18.0 Å². The molecule has 3 atom stereocenters. The maximum absolute atomic E-state index is 13.6. The van der Waals surface area contributed by atoms with Crippen LogP contribution in [-0.2, 0) is 0 Å². The summed E-state index contributed by atoms with van der Waals surface area (Å²) in [5.41, 5.74) is 6.09. The standard InChI is InChI=1S/C15H22FNO/c1-2-5-11-8-9-13(17)15(10-11)18-14-7-4-3-6-12(14)16/h3-4,6-7,11,13,15H,2,5,8-10,17H2,1H3. The van der Waals surface area contributed by atoms with Crippen LogP contribution in [-0.4, -0.2) is 12.1 Å². The Balaban J connectivity index is 2.00. The van der Waals surface area contributed by atoms with E-state index in [1.54, 1.807) is 18.2 Å². The molecule has 0 saturated heterocycles. The van der Waals surface area contributed by atoms with Crippen molar-refractivity contribution >= 4 is 0 Å². The first-order valence-corrected chi connectivity index (χ1v) is 6.87. The average molecular weight is 251 g/mol. The third kappa shape index (κ3) is 3.22. The second-order valence-electron chi connectivity index (χ2n) is 5.22. The number of rotatable bonds is 4. The molecule has 0 heterocycles. The van der Waals surface area contributed by atoms with Gasteiger partial charge in [0.1, 0.15) is 6.10 Å². The van der Waals surface area contributed by atoms with E-state index in [0.717, 1.165) is 12.8 Å². The number of benzene rings is 1. The second-order valence-corrected chi connectivity index (χ2v) is 5.22. The lowest BCUT2D eigenvalue weighted by atomic mass is 9.82. The normalized spacial score (nSPS) is 28.1. The van der Waals surface area contributed by atoms with Gasteiger partial charge in [-0.3, -0.25) is 0 Å². The lowest BCUT2D eigenvalue weighted by Crippen LogP contribution is -2.44. The van der Waals surface area contributed by atoms with Crippen LogP contribution in [0, 0.1) is 11.7 Å². The Hall–Kier alpha value is -1.09. The van der Waals surface area contributed by atoms with Crippen molar-refractivity contribution in [3.8, 4) is 5.75 Å². The molecular weight excluding hydrogens is 229 g/mol. The number of nitrogens with two attached hydrogens (primary N) is 1. The van der Waals surface area contributed by atoms with Crippen LogP contribution in [0.1, 0.15) is 39.0 Å². The molecule has 2 rings (SSSR count). The molecule has 0 aliphatic heterocycles. The molecule has 0 radical (unpaired) electrons. The minimum atomic E-state index is -0.303. The fraction of sp³-hybridized carbons (Fsp3) is 0.600. The summed E-state index contributed by atoms with van der Waals surface area (Å²) in [6.07, 6.45) is 5.45. The molecule has 0 bridgehead atoms. The Labute approximate surface area is 108 Å². The molecule has 1 aliphatic rings. The highest BCUT2D eigenvalue weighted by molar-refractivity contribution is 5.24. The number of hydrogen-bond acceptors (Lipinski definition) is 2. The first kappa shape index (κ1) is 13.3. The van der Waals surface area contributed by atoms with Gasteiger partial charge in [0.25, 0.3) is 0 Å². The fourth-order valence-corrected chi connectivity index (χ4v) is 2.74. The van der Waals surface area contributed by atoms with E-state index in [4.69, 9.17) is 10.5 Å². The third-order valence-electron chi connectivity index (χ3n) is 3.76. The summed E-state index contributed by atoms with van der Waals surface area (Å²) in [6.45, 7) is 2.20. The van der Waals surface area contributed by atoms with Crippen molar-refractivity contribution < 1.29 is 9.13 Å². The lowest BCUT2D eigenvalue weighted by molar-refractivity contribution is 0.0953. The van der Waals surface area contributed by atoms with Crippen molar-refractivity contribution in [1.82, 2.24) is 0 Å². The number of hydrogen-bond donors (Lipinski definition) is 1. The molecule has 0 spiro atoms. The van der Waals surface area contributed by atoms with Gasteiger partial charge in [0.05, 0.1) is 0 Å². The van der Waals surface area contributed by atoms with Crippen LogP contribution in [0.5, 0.6) is 5.75 Å². The van der Waals surface area contributed by atoms with E-state index in [1.807, 2.05) is 0 Å².